The number of halogens is 2. The zero-order chi connectivity index (χ0) is 25.3. The van der Waals surface area contributed by atoms with Gasteiger partial charge in [-0.3, -0.25) is 4.79 Å². The van der Waals surface area contributed by atoms with Gasteiger partial charge in [-0.25, -0.2) is 0 Å². The van der Waals surface area contributed by atoms with Gasteiger partial charge in [0, 0.05) is 27.9 Å². The van der Waals surface area contributed by atoms with Crippen LogP contribution in [0, 0.1) is 0 Å². The molecule has 9 heteroatoms. The van der Waals surface area contributed by atoms with Crippen molar-refractivity contribution < 1.29 is 33.3 Å². The third-order valence-electron chi connectivity index (χ3n) is 7.02. The van der Waals surface area contributed by atoms with Crippen molar-refractivity contribution in [2.75, 3.05) is 6.61 Å². The third kappa shape index (κ3) is 3.83. The zero-order valence-electron chi connectivity index (χ0n) is 19.7. The van der Waals surface area contributed by atoms with E-state index < -0.39 is 23.7 Å². The predicted molar refractivity (Wildman–Crippen MR) is 125 cm³/mol. The van der Waals surface area contributed by atoms with Crippen LogP contribution in [0.5, 0.6) is 11.5 Å². The van der Waals surface area contributed by atoms with Crippen molar-refractivity contribution in [3.63, 3.8) is 0 Å². The minimum absolute atomic E-state index is 0.0851. The maximum absolute atomic E-state index is 13.5. The number of carbonyl (C=O) groups is 1. The highest BCUT2D eigenvalue weighted by Gasteiger charge is 2.61. The summed E-state index contributed by atoms with van der Waals surface area (Å²) in [7, 11) is 0. The summed E-state index contributed by atoms with van der Waals surface area (Å²) in [5.41, 5.74) is 7.92. The Balaban J connectivity index is 1.53. The van der Waals surface area contributed by atoms with Gasteiger partial charge in [0.05, 0.1) is 24.7 Å². The van der Waals surface area contributed by atoms with Crippen molar-refractivity contribution in [2.45, 2.75) is 62.9 Å². The molecule has 7 nitrogen and oxygen atoms in total. The number of aromatic nitrogens is 1. The van der Waals surface area contributed by atoms with Gasteiger partial charge in [-0.15, -0.1) is 8.78 Å². The summed E-state index contributed by atoms with van der Waals surface area (Å²) in [4.78, 5) is 12.6. The van der Waals surface area contributed by atoms with E-state index in [4.69, 9.17) is 5.73 Å². The van der Waals surface area contributed by atoms with Crippen LogP contribution in [0.2, 0.25) is 0 Å². The Morgan fingerprint density at radius 1 is 1.17 bits per heavy atom. The molecule has 1 aliphatic heterocycles. The number of alkyl halides is 2. The van der Waals surface area contributed by atoms with Gasteiger partial charge >= 0.3 is 6.29 Å². The molecule has 1 amide bonds. The second-order valence-electron chi connectivity index (χ2n) is 10.5. The van der Waals surface area contributed by atoms with Crippen LogP contribution < -0.4 is 15.2 Å². The molecule has 0 radical (unpaired) electrons. The number of primary amides is 1. The fraction of sp³-hybridized carbons (Fsp3) is 0.423. The third-order valence-corrected chi connectivity index (χ3v) is 7.02. The molecule has 35 heavy (non-hydrogen) atoms. The summed E-state index contributed by atoms with van der Waals surface area (Å²) < 4.78 is 38.0. The van der Waals surface area contributed by atoms with Crippen molar-refractivity contribution in [2.24, 2.45) is 5.73 Å². The Kier molecular flexibility index (Phi) is 5.16. The number of rotatable bonds is 6. The number of hydrogen-bond acceptors (Lipinski definition) is 5. The highest BCUT2D eigenvalue weighted by Crippen LogP contribution is 2.61. The van der Waals surface area contributed by atoms with Crippen molar-refractivity contribution in [3.8, 4) is 11.5 Å². The molecule has 1 aromatic heterocycles. The molecule has 186 valence electrons. The second-order valence-corrected chi connectivity index (χ2v) is 10.5. The molecular weight excluding hydrogens is 458 g/mol. The Labute approximate surface area is 201 Å². The van der Waals surface area contributed by atoms with E-state index in [2.05, 4.69) is 36.3 Å². The Bertz CT molecular complexity index is 1330. The minimum atomic E-state index is -3.74. The molecule has 1 fully saturated rings. The molecule has 3 unspecified atom stereocenters. The van der Waals surface area contributed by atoms with E-state index in [1.165, 1.54) is 12.1 Å². The summed E-state index contributed by atoms with van der Waals surface area (Å²) >= 11 is 0. The summed E-state index contributed by atoms with van der Waals surface area (Å²) in [6, 6.07) is 12.3. The lowest BCUT2D eigenvalue weighted by Crippen LogP contribution is -2.30. The number of fused-ring (bicyclic) bond motifs is 2. The topological polar surface area (TPSA) is 107 Å². The standard InChI is InChI=1S/C26H28F2N2O5/c1-24(2,3)22-9-15-8-14(4-6-19(15)30(22)12-17(32)13-31)18-11-25(18,23(29)33)16-5-7-20-21(10-16)35-26(27,28)34-20/h4-10,17-18,31-32H,11-13H2,1-3H3,(H2,29,33). The average Bonchev–Trinajstić information content (AvgIpc) is 3.32. The Morgan fingerprint density at radius 3 is 2.54 bits per heavy atom. The molecule has 4 N–H and O–H groups in total. The van der Waals surface area contributed by atoms with Crippen molar-refractivity contribution in [1.82, 2.24) is 4.57 Å². The van der Waals surface area contributed by atoms with Gasteiger partial charge in [-0.2, -0.15) is 0 Å². The number of aliphatic hydroxyl groups excluding tert-OH is 2. The van der Waals surface area contributed by atoms with Crippen LogP contribution in [-0.4, -0.2) is 39.7 Å². The summed E-state index contributed by atoms with van der Waals surface area (Å²) in [5, 5.41) is 20.4. The van der Waals surface area contributed by atoms with Gasteiger partial charge in [0.25, 0.3) is 0 Å². The first-order valence-electron chi connectivity index (χ1n) is 11.5. The van der Waals surface area contributed by atoms with Crippen LogP contribution in [0.1, 0.15) is 49.9 Å². The van der Waals surface area contributed by atoms with E-state index in [0.717, 1.165) is 22.2 Å². The number of carbonyl (C=O) groups excluding carboxylic acids is 1. The number of aliphatic hydroxyl groups is 2. The van der Waals surface area contributed by atoms with Gasteiger partial charge in [-0.1, -0.05) is 32.9 Å². The number of hydrogen-bond donors (Lipinski definition) is 3. The van der Waals surface area contributed by atoms with E-state index in [9.17, 15) is 23.8 Å². The largest absolute Gasteiger partial charge is 0.586 e. The number of benzene rings is 2. The van der Waals surface area contributed by atoms with E-state index in [1.54, 1.807) is 6.07 Å². The van der Waals surface area contributed by atoms with Crippen LogP contribution in [0.4, 0.5) is 8.78 Å². The highest BCUT2D eigenvalue weighted by atomic mass is 19.3. The van der Waals surface area contributed by atoms with Crippen LogP contribution >= 0.6 is 0 Å². The molecule has 0 spiro atoms. The van der Waals surface area contributed by atoms with Crippen molar-refractivity contribution >= 4 is 16.8 Å². The molecule has 2 aromatic carbocycles. The molecule has 1 aliphatic carbocycles. The SMILES string of the molecule is CC(C)(C)c1cc2cc(C3CC3(C(N)=O)c3ccc4c(c3)OC(F)(F)O4)ccc2n1CC(O)CO. The Morgan fingerprint density at radius 2 is 1.89 bits per heavy atom. The van der Waals surface area contributed by atoms with Crippen LogP contribution in [0.25, 0.3) is 10.9 Å². The molecule has 1 saturated carbocycles. The van der Waals surface area contributed by atoms with Gasteiger partial charge in [0.15, 0.2) is 11.5 Å². The second kappa shape index (κ2) is 7.66. The fourth-order valence-electron chi connectivity index (χ4n) is 5.22. The fourth-order valence-corrected chi connectivity index (χ4v) is 5.22. The molecule has 0 saturated heterocycles. The van der Waals surface area contributed by atoms with Crippen molar-refractivity contribution in [3.05, 3.63) is 59.3 Å². The zero-order valence-corrected chi connectivity index (χ0v) is 19.7. The Hall–Kier alpha value is -3.17. The van der Waals surface area contributed by atoms with Crippen LogP contribution in [-0.2, 0) is 22.2 Å². The summed E-state index contributed by atoms with van der Waals surface area (Å²) in [5.74, 6) is -0.969. The smallest absolute Gasteiger partial charge is 0.395 e. The molecule has 0 bridgehead atoms. The number of ether oxygens (including phenoxy) is 2. The highest BCUT2D eigenvalue weighted by molar-refractivity contribution is 5.93. The van der Waals surface area contributed by atoms with Gasteiger partial charge in [0.1, 0.15) is 0 Å². The molecule has 5 rings (SSSR count). The first kappa shape index (κ1) is 23.6. The number of nitrogens with zero attached hydrogens (tertiary/aromatic N) is 1. The van der Waals surface area contributed by atoms with Crippen LogP contribution in [0.15, 0.2) is 42.5 Å². The summed E-state index contributed by atoms with van der Waals surface area (Å²) in [6.07, 6.45) is -4.19. The average molecular weight is 487 g/mol. The summed E-state index contributed by atoms with van der Waals surface area (Å²) in [6.45, 7) is 6.14. The van der Waals surface area contributed by atoms with Gasteiger partial charge in [0.2, 0.25) is 5.91 Å². The lowest BCUT2D eigenvalue weighted by molar-refractivity contribution is -0.286. The maximum atomic E-state index is 13.5. The molecule has 2 aliphatic rings. The molecule has 3 atom stereocenters. The first-order valence-corrected chi connectivity index (χ1v) is 11.5. The maximum Gasteiger partial charge on any atom is 0.586 e. The number of amides is 1. The monoisotopic (exact) mass is 486 g/mol. The lowest BCUT2D eigenvalue weighted by atomic mass is 9.89. The molecular formula is C26H28F2N2O5. The van der Waals surface area contributed by atoms with E-state index in [1.807, 2.05) is 22.8 Å². The number of nitrogens with two attached hydrogens (primary N) is 1. The lowest BCUT2D eigenvalue weighted by Gasteiger charge is -2.23. The van der Waals surface area contributed by atoms with Crippen molar-refractivity contribution in [1.29, 1.82) is 0 Å². The molecule has 2 heterocycles. The van der Waals surface area contributed by atoms with Gasteiger partial charge in [-0.05, 0) is 47.9 Å². The molecule has 3 aromatic rings. The van der Waals surface area contributed by atoms with E-state index in [0.29, 0.717) is 12.0 Å². The van der Waals surface area contributed by atoms with E-state index in [-0.39, 0.29) is 36.0 Å². The van der Waals surface area contributed by atoms with E-state index >= 15 is 0 Å². The first-order chi connectivity index (χ1) is 16.4. The van der Waals surface area contributed by atoms with Crippen LogP contribution in [0.3, 0.4) is 0 Å². The minimum Gasteiger partial charge on any atom is -0.395 e. The van der Waals surface area contributed by atoms with Gasteiger partial charge < -0.3 is 30.0 Å². The quantitative estimate of drug-likeness (QED) is 0.494. The predicted octanol–water partition coefficient (Wildman–Crippen LogP) is 3.52. The normalized spacial score (nSPS) is 23.5.